The van der Waals surface area contributed by atoms with E-state index in [0.29, 0.717) is 32.2 Å². The molecule has 2 rings (SSSR count). The van der Waals surface area contributed by atoms with Gasteiger partial charge in [0.15, 0.2) is 0 Å². The minimum atomic E-state index is -0.589. The monoisotopic (exact) mass is 415 g/mol. The number of aryl methyl sites for hydroxylation is 1. The van der Waals surface area contributed by atoms with Crippen LogP contribution in [0.2, 0.25) is 0 Å². The zero-order valence-corrected chi connectivity index (χ0v) is 18.0. The number of unbranched alkanes of at least 4 members (excludes halogenated alkanes) is 1. The molecular weight excluding hydrogens is 378 g/mol. The van der Waals surface area contributed by atoms with Crippen LogP contribution in [0.5, 0.6) is 0 Å². The first-order valence-corrected chi connectivity index (χ1v) is 11.2. The van der Waals surface area contributed by atoms with Crippen LogP contribution in [0, 0.1) is 11.8 Å². The van der Waals surface area contributed by atoms with E-state index < -0.39 is 18.3 Å². The minimum Gasteiger partial charge on any atom is -0.393 e. The lowest BCUT2D eigenvalue weighted by molar-refractivity contribution is -0.121. The predicted octanol–water partition coefficient (Wildman–Crippen LogP) is 3.15. The molecule has 0 radical (unpaired) electrons. The average Bonchev–Trinajstić information content (AvgIpc) is 3.00. The van der Waals surface area contributed by atoms with Gasteiger partial charge >= 0.3 is 0 Å². The first kappa shape index (κ1) is 24.3. The molecule has 0 saturated heterocycles. The molecule has 5 heteroatoms. The molecule has 5 atom stereocenters. The van der Waals surface area contributed by atoms with Crippen molar-refractivity contribution in [3.8, 4) is 0 Å². The Hall–Kier alpha value is -1.95. The fraction of sp³-hybridized carbons (Fsp3) is 0.560. The molecule has 0 unspecified atom stereocenters. The van der Waals surface area contributed by atoms with Crippen molar-refractivity contribution >= 4 is 5.91 Å². The second kappa shape index (κ2) is 13.4. The Morgan fingerprint density at radius 2 is 1.97 bits per heavy atom. The third kappa shape index (κ3) is 8.42. The predicted molar refractivity (Wildman–Crippen MR) is 120 cm³/mol. The van der Waals surface area contributed by atoms with Gasteiger partial charge in [0.25, 0.3) is 0 Å². The highest BCUT2D eigenvalue weighted by molar-refractivity contribution is 5.75. The molecule has 0 aliphatic heterocycles. The molecule has 166 valence electrons. The van der Waals surface area contributed by atoms with E-state index >= 15 is 0 Å². The summed E-state index contributed by atoms with van der Waals surface area (Å²) in [4.78, 5) is 11.4. The van der Waals surface area contributed by atoms with Gasteiger partial charge in [-0.15, -0.1) is 0 Å². The number of aliphatic hydroxyl groups is 3. The Labute approximate surface area is 180 Å². The summed E-state index contributed by atoms with van der Waals surface area (Å²) in [5.41, 5.74) is 1.19. The molecule has 0 bridgehead atoms. The highest BCUT2D eigenvalue weighted by atomic mass is 16.3. The smallest absolute Gasteiger partial charge is 0.219 e. The maximum atomic E-state index is 11.4. The van der Waals surface area contributed by atoms with Gasteiger partial charge in [-0.3, -0.25) is 4.79 Å². The normalized spacial score (nSPS) is 25.2. The van der Waals surface area contributed by atoms with E-state index in [1.807, 2.05) is 55.5 Å². The van der Waals surface area contributed by atoms with Crippen LogP contribution in [0.1, 0.15) is 51.0 Å². The summed E-state index contributed by atoms with van der Waals surface area (Å²) >= 11 is 0. The Kier molecular flexibility index (Phi) is 10.8. The lowest BCUT2D eigenvalue weighted by Gasteiger charge is -2.19. The number of hydrogen-bond acceptors (Lipinski definition) is 4. The highest BCUT2D eigenvalue weighted by Crippen LogP contribution is 2.36. The Balaban J connectivity index is 1.78. The number of rotatable bonds is 12. The third-order valence-corrected chi connectivity index (χ3v) is 5.77. The first-order chi connectivity index (χ1) is 14.5. The minimum absolute atomic E-state index is 0.0581. The molecule has 30 heavy (non-hydrogen) atoms. The van der Waals surface area contributed by atoms with E-state index in [2.05, 4.69) is 5.32 Å². The van der Waals surface area contributed by atoms with Gasteiger partial charge in [0, 0.05) is 25.3 Å². The van der Waals surface area contributed by atoms with Crippen molar-refractivity contribution in [1.82, 2.24) is 5.32 Å². The van der Waals surface area contributed by atoms with Gasteiger partial charge in [0.1, 0.15) is 0 Å². The maximum absolute atomic E-state index is 11.4. The Bertz CT molecular complexity index is 673. The van der Waals surface area contributed by atoms with Crippen LogP contribution in [-0.2, 0) is 11.2 Å². The summed E-state index contributed by atoms with van der Waals surface area (Å²) in [6.07, 6.45) is 10.6. The van der Waals surface area contributed by atoms with Gasteiger partial charge in [-0.25, -0.2) is 0 Å². The highest BCUT2D eigenvalue weighted by Gasteiger charge is 2.39. The van der Waals surface area contributed by atoms with E-state index in [9.17, 15) is 20.1 Å². The van der Waals surface area contributed by atoms with Crippen molar-refractivity contribution in [2.45, 2.75) is 70.2 Å². The molecule has 1 saturated carbocycles. The molecule has 1 aliphatic rings. The van der Waals surface area contributed by atoms with Crippen molar-refractivity contribution in [3.05, 3.63) is 60.2 Å². The van der Waals surface area contributed by atoms with E-state index in [-0.39, 0.29) is 17.7 Å². The number of allylic oxidation sites excluding steroid dienone is 2. The molecule has 0 heterocycles. The van der Waals surface area contributed by atoms with E-state index in [4.69, 9.17) is 0 Å². The largest absolute Gasteiger partial charge is 0.393 e. The van der Waals surface area contributed by atoms with Gasteiger partial charge < -0.3 is 20.6 Å². The summed E-state index contributed by atoms with van der Waals surface area (Å²) in [6, 6.07) is 10.1. The summed E-state index contributed by atoms with van der Waals surface area (Å²) in [5, 5.41) is 33.8. The molecule has 1 fully saturated rings. The zero-order valence-electron chi connectivity index (χ0n) is 18.0. The van der Waals surface area contributed by atoms with Crippen molar-refractivity contribution in [1.29, 1.82) is 0 Å². The molecule has 1 amide bonds. The standard InChI is InChI=1S/C25H37NO4/c1-2-26-25(30)13-9-4-3-8-12-21-22(24(29)18-23(21)28)17-16-20(27)15-14-19-10-6-5-7-11-19/h3,5-8,10-11,16-17,20-24,27-29H,2,4,9,12-15,18H2,1H3,(H,26,30)/b8-3?,17-16+/t20-,21-,22-,23+,24-/m1/s1. The average molecular weight is 416 g/mol. The van der Waals surface area contributed by atoms with Crippen LogP contribution < -0.4 is 5.32 Å². The van der Waals surface area contributed by atoms with Crippen molar-refractivity contribution in [2.75, 3.05) is 6.54 Å². The number of carbonyl (C=O) groups is 1. The third-order valence-electron chi connectivity index (χ3n) is 5.77. The molecule has 1 aromatic carbocycles. The molecule has 0 spiro atoms. The fourth-order valence-corrected chi connectivity index (χ4v) is 4.06. The number of amides is 1. The van der Waals surface area contributed by atoms with Crippen molar-refractivity contribution in [2.24, 2.45) is 11.8 Å². The van der Waals surface area contributed by atoms with Crippen molar-refractivity contribution in [3.63, 3.8) is 0 Å². The van der Waals surface area contributed by atoms with Crippen LogP contribution in [0.4, 0.5) is 0 Å². The maximum Gasteiger partial charge on any atom is 0.219 e. The molecule has 5 nitrogen and oxygen atoms in total. The second-order valence-electron chi connectivity index (χ2n) is 8.14. The van der Waals surface area contributed by atoms with Gasteiger partial charge in [0.2, 0.25) is 5.91 Å². The van der Waals surface area contributed by atoms with Gasteiger partial charge in [-0.05, 0) is 50.5 Å². The number of hydrogen-bond donors (Lipinski definition) is 4. The molecule has 0 aromatic heterocycles. The number of benzene rings is 1. The lowest BCUT2D eigenvalue weighted by Crippen LogP contribution is -2.21. The Morgan fingerprint density at radius 1 is 1.20 bits per heavy atom. The van der Waals surface area contributed by atoms with Crippen LogP contribution in [0.25, 0.3) is 0 Å². The van der Waals surface area contributed by atoms with E-state index in [1.54, 1.807) is 6.08 Å². The number of aliphatic hydroxyl groups excluding tert-OH is 3. The Morgan fingerprint density at radius 3 is 2.70 bits per heavy atom. The molecule has 1 aliphatic carbocycles. The second-order valence-corrected chi connectivity index (χ2v) is 8.14. The summed E-state index contributed by atoms with van der Waals surface area (Å²) in [5.74, 6) is -0.139. The summed E-state index contributed by atoms with van der Waals surface area (Å²) < 4.78 is 0. The van der Waals surface area contributed by atoms with E-state index in [1.165, 1.54) is 5.56 Å². The SMILES string of the molecule is CCNC(=O)CCCC=CC[C@@H]1[C@@H](/C=C/[C@H](O)CCc2ccccc2)[C@H](O)C[C@@H]1O. The topological polar surface area (TPSA) is 89.8 Å². The molecular formula is C25H37NO4. The zero-order chi connectivity index (χ0) is 21.8. The van der Waals surface area contributed by atoms with Crippen LogP contribution in [0.3, 0.4) is 0 Å². The number of nitrogens with one attached hydrogen (secondary N) is 1. The summed E-state index contributed by atoms with van der Waals surface area (Å²) in [7, 11) is 0. The lowest BCUT2D eigenvalue weighted by atomic mass is 9.89. The van der Waals surface area contributed by atoms with Crippen LogP contribution in [0.15, 0.2) is 54.6 Å². The quantitative estimate of drug-likeness (QED) is 0.312. The van der Waals surface area contributed by atoms with Gasteiger partial charge in [-0.2, -0.15) is 0 Å². The van der Waals surface area contributed by atoms with Crippen LogP contribution in [-0.4, -0.2) is 46.1 Å². The van der Waals surface area contributed by atoms with Crippen molar-refractivity contribution < 1.29 is 20.1 Å². The first-order valence-electron chi connectivity index (χ1n) is 11.2. The molecule has 4 N–H and O–H groups in total. The number of carbonyl (C=O) groups excluding carboxylic acids is 1. The summed E-state index contributed by atoms with van der Waals surface area (Å²) in [6.45, 7) is 2.57. The van der Waals surface area contributed by atoms with Gasteiger partial charge in [-0.1, -0.05) is 54.6 Å². The fourth-order valence-electron chi connectivity index (χ4n) is 4.06. The molecule has 1 aromatic rings. The van der Waals surface area contributed by atoms with Crippen LogP contribution >= 0.6 is 0 Å². The van der Waals surface area contributed by atoms with Gasteiger partial charge in [0.05, 0.1) is 18.3 Å². The van der Waals surface area contributed by atoms with E-state index in [0.717, 1.165) is 19.3 Å².